The molecule has 1 unspecified atom stereocenters. The predicted molar refractivity (Wildman–Crippen MR) is 73.1 cm³/mol. The van der Waals surface area contributed by atoms with E-state index in [0.717, 1.165) is 10.0 Å². The lowest BCUT2D eigenvalue weighted by Gasteiger charge is -2.17. The zero-order valence-electron chi connectivity index (χ0n) is 9.87. The van der Waals surface area contributed by atoms with E-state index in [0.29, 0.717) is 13.2 Å². The average molecular weight is 308 g/mol. The number of benzene rings is 1. The quantitative estimate of drug-likeness (QED) is 0.770. The van der Waals surface area contributed by atoms with Gasteiger partial charge in [-0.25, -0.2) is 4.68 Å². The number of nitrogens with zero attached hydrogens (tertiary/aromatic N) is 3. The largest absolute Gasteiger partial charge is 0.368 e. The average Bonchev–Trinajstić information content (AvgIpc) is 2.88. The molecule has 1 atom stereocenters. The van der Waals surface area contributed by atoms with Gasteiger partial charge in [-0.15, -0.1) is 11.7 Å². The molecule has 0 saturated heterocycles. The molecule has 0 radical (unpaired) electrons. The Balaban J connectivity index is 2.13. The first-order valence-electron chi connectivity index (χ1n) is 5.61. The third kappa shape index (κ3) is 3.51. The van der Waals surface area contributed by atoms with E-state index in [9.17, 15) is 0 Å². The molecule has 0 fully saturated rings. The van der Waals surface area contributed by atoms with Gasteiger partial charge in [-0.1, -0.05) is 39.4 Å². The van der Waals surface area contributed by atoms with Crippen LogP contribution in [0.1, 0.15) is 11.7 Å². The maximum Gasteiger partial charge on any atom is 0.103 e. The Morgan fingerprint density at radius 3 is 2.78 bits per heavy atom. The smallest absolute Gasteiger partial charge is 0.103 e. The highest BCUT2D eigenvalue weighted by atomic mass is 79.9. The van der Waals surface area contributed by atoms with Crippen LogP contribution in [-0.4, -0.2) is 21.6 Å². The summed E-state index contributed by atoms with van der Waals surface area (Å²) in [6.07, 6.45) is 5.17. The number of aromatic nitrogens is 3. The molecule has 4 nitrogen and oxygen atoms in total. The summed E-state index contributed by atoms with van der Waals surface area (Å²) in [5.74, 6) is 0. The topological polar surface area (TPSA) is 39.9 Å². The van der Waals surface area contributed by atoms with Gasteiger partial charge in [-0.3, -0.25) is 0 Å². The van der Waals surface area contributed by atoms with Crippen LogP contribution in [0.2, 0.25) is 0 Å². The van der Waals surface area contributed by atoms with E-state index in [4.69, 9.17) is 4.74 Å². The van der Waals surface area contributed by atoms with Gasteiger partial charge in [0.1, 0.15) is 6.10 Å². The van der Waals surface area contributed by atoms with Crippen LogP contribution in [0.4, 0.5) is 0 Å². The highest BCUT2D eigenvalue weighted by molar-refractivity contribution is 9.10. The standard InChI is InChI=1S/C13H14BrN3O/c1-2-9-18-13(10-17-8-7-15-16-17)11-3-5-12(14)6-4-11/h2-8,13H,1,9-10H2. The summed E-state index contributed by atoms with van der Waals surface area (Å²) < 4.78 is 8.58. The fourth-order valence-electron chi connectivity index (χ4n) is 1.62. The number of ether oxygens (including phenoxy) is 1. The molecule has 0 aliphatic carbocycles. The molecule has 0 saturated carbocycles. The monoisotopic (exact) mass is 307 g/mol. The van der Waals surface area contributed by atoms with E-state index in [1.165, 1.54) is 0 Å². The molecule has 0 amide bonds. The van der Waals surface area contributed by atoms with Crippen molar-refractivity contribution in [3.05, 3.63) is 59.4 Å². The van der Waals surface area contributed by atoms with E-state index >= 15 is 0 Å². The van der Waals surface area contributed by atoms with Crippen LogP contribution in [-0.2, 0) is 11.3 Å². The molecule has 0 spiro atoms. The van der Waals surface area contributed by atoms with Gasteiger partial charge >= 0.3 is 0 Å². The molecule has 94 valence electrons. The normalized spacial score (nSPS) is 12.3. The second-order valence-corrected chi connectivity index (χ2v) is 4.70. The molecule has 2 aromatic rings. The minimum atomic E-state index is -0.0576. The van der Waals surface area contributed by atoms with Crippen LogP contribution in [0.15, 0.2) is 53.8 Å². The lowest BCUT2D eigenvalue weighted by molar-refractivity contribution is 0.0575. The lowest BCUT2D eigenvalue weighted by atomic mass is 10.1. The first kappa shape index (κ1) is 13.0. The first-order valence-corrected chi connectivity index (χ1v) is 6.41. The molecule has 0 aliphatic heterocycles. The zero-order chi connectivity index (χ0) is 12.8. The van der Waals surface area contributed by atoms with Crippen molar-refractivity contribution in [3.8, 4) is 0 Å². The minimum absolute atomic E-state index is 0.0576. The Hall–Kier alpha value is -1.46. The fraction of sp³-hybridized carbons (Fsp3) is 0.231. The van der Waals surface area contributed by atoms with Crippen LogP contribution in [0.25, 0.3) is 0 Å². The summed E-state index contributed by atoms with van der Waals surface area (Å²) in [6.45, 7) is 4.81. The molecule has 1 aromatic carbocycles. The number of halogens is 1. The summed E-state index contributed by atoms with van der Waals surface area (Å²) in [5, 5.41) is 7.75. The molecule has 1 heterocycles. The van der Waals surface area contributed by atoms with Gasteiger partial charge in [-0.2, -0.15) is 0 Å². The summed E-state index contributed by atoms with van der Waals surface area (Å²) in [5.41, 5.74) is 1.11. The third-order valence-electron chi connectivity index (χ3n) is 2.48. The summed E-state index contributed by atoms with van der Waals surface area (Å²) in [4.78, 5) is 0. The molecular formula is C13H14BrN3O. The molecule has 0 bridgehead atoms. The summed E-state index contributed by atoms with van der Waals surface area (Å²) in [6, 6.07) is 8.07. The Morgan fingerprint density at radius 1 is 1.39 bits per heavy atom. The van der Waals surface area contributed by atoms with Crippen LogP contribution in [0.3, 0.4) is 0 Å². The lowest BCUT2D eigenvalue weighted by Crippen LogP contribution is -2.13. The minimum Gasteiger partial charge on any atom is -0.368 e. The van der Waals surface area contributed by atoms with Crippen molar-refractivity contribution in [3.63, 3.8) is 0 Å². The Morgan fingerprint density at radius 2 is 2.17 bits per heavy atom. The molecular weight excluding hydrogens is 294 g/mol. The van der Waals surface area contributed by atoms with E-state index in [1.807, 2.05) is 30.5 Å². The van der Waals surface area contributed by atoms with Crippen LogP contribution < -0.4 is 0 Å². The Kier molecular flexibility index (Phi) is 4.66. The van der Waals surface area contributed by atoms with Crippen LogP contribution in [0, 0.1) is 0 Å². The van der Waals surface area contributed by atoms with Crippen molar-refractivity contribution in [1.29, 1.82) is 0 Å². The van der Waals surface area contributed by atoms with Crippen molar-refractivity contribution < 1.29 is 4.74 Å². The molecule has 0 N–H and O–H groups in total. The summed E-state index contributed by atoms with van der Waals surface area (Å²) in [7, 11) is 0. The molecule has 5 heteroatoms. The second kappa shape index (κ2) is 6.47. The molecule has 1 aromatic heterocycles. The number of rotatable bonds is 6. The first-order chi connectivity index (χ1) is 8.79. The number of hydrogen-bond acceptors (Lipinski definition) is 3. The van der Waals surface area contributed by atoms with Crippen molar-refractivity contribution in [2.75, 3.05) is 6.61 Å². The van der Waals surface area contributed by atoms with Gasteiger partial charge in [0, 0.05) is 10.7 Å². The van der Waals surface area contributed by atoms with E-state index < -0.39 is 0 Å². The second-order valence-electron chi connectivity index (χ2n) is 3.79. The SMILES string of the molecule is C=CCOC(Cn1ccnn1)c1ccc(Br)cc1. The zero-order valence-corrected chi connectivity index (χ0v) is 11.5. The highest BCUT2D eigenvalue weighted by Crippen LogP contribution is 2.21. The van der Waals surface area contributed by atoms with Crippen molar-refractivity contribution in [2.45, 2.75) is 12.6 Å². The maximum atomic E-state index is 5.77. The van der Waals surface area contributed by atoms with E-state index in [1.54, 1.807) is 17.0 Å². The third-order valence-corrected chi connectivity index (χ3v) is 3.01. The van der Waals surface area contributed by atoms with Crippen LogP contribution >= 0.6 is 15.9 Å². The van der Waals surface area contributed by atoms with Gasteiger partial charge in [0.15, 0.2) is 0 Å². The van der Waals surface area contributed by atoms with Gasteiger partial charge in [0.2, 0.25) is 0 Å². The fourth-order valence-corrected chi connectivity index (χ4v) is 1.88. The van der Waals surface area contributed by atoms with Gasteiger partial charge < -0.3 is 4.74 Å². The highest BCUT2D eigenvalue weighted by Gasteiger charge is 2.12. The Bertz CT molecular complexity index is 481. The Labute approximate surface area is 114 Å². The van der Waals surface area contributed by atoms with Crippen LogP contribution in [0.5, 0.6) is 0 Å². The molecule has 18 heavy (non-hydrogen) atoms. The van der Waals surface area contributed by atoms with E-state index in [-0.39, 0.29) is 6.10 Å². The van der Waals surface area contributed by atoms with Crippen molar-refractivity contribution in [1.82, 2.24) is 15.0 Å². The van der Waals surface area contributed by atoms with E-state index in [2.05, 4.69) is 32.8 Å². The van der Waals surface area contributed by atoms with Gasteiger partial charge in [0.05, 0.1) is 19.3 Å². The molecule has 0 aliphatic rings. The van der Waals surface area contributed by atoms with Crippen molar-refractivity contribution in [2.24, 2.45) is 0 Å². The van der Waals surface area contributed by atoms with Crippen molar-refractivity contribution >= 4 is 15.9 Å². The van der Waals surface area contributed by atoms with Gasteiger partial charge in [0.25, 0.3) is 0 Å². The maximum absolute atomic E-state index is 5.77. The number of hydrogen-bond donors (Lipinski definition) is 0. The summed E-state index contributed by atoms with van der Waals surface area (Å²) >= 11 is 3.42. The predicted octanol–water partition coefficient (Wildman–Crippen LogP) is 2.98. The van der Waals surface area contributed by atoms with Gasteiger partial charge in [-0.05, 0) is 17.7 Å². The molecule has 2 rings (SSSR count).